The fraction of sp³-hybridized carbons (Fsp3) is 1.00. The Morgan fingerprint density at radius 2 is 1.14 bits per heavy atom. The molecular weight excluding hydrogens is 312 g/mol. The first-order valence-corrected chi connectivity index (χ1v) is 10.3. The summed E-state index contributed by atoms with van der Waals surface area (Å²) in [4.78, 5) is 0. The summed E-state index contributed by atoms with van der Waals surface area (Å²) in [5.74, 6) is 0. The summed E-state index contributed by atoms with van der Waals surface area (Å²) < 4.78 is 22.2. The minimum atomic E-state index is -0.510. The molecule has 0 N–H and O–H groups in total. The van der Waals surface area contributed by atoms with Crippen LogP contribution in [0.3, 0.4) is 0 Å². The Balaban J connectivity index is 4.62. The average Bonchev–Trinajstić information content (AvgIpc) is 2.54. The van der Waals surface area contributed by atoms with Gasteiger partial charge in [0.2, 0.25) is 0 Å². The van der Waals surface area contributed by atoms with Crippen molar-refractivity contribution >= 4 is 19.0 Å². The monoisotopic (exact) mass is 346 g/mol. The van der Waals surface area contributed by atoms with Gasteiger partial charge in [-0.2, -0.15) is 0 Å². The molecular formula is C16H34O4Si2. The molecule has 0 atom stereocenters. The Hall–Kier alpha value is 0.274. The van der Waals surface area contributed by atoms with E-state index in [-0.39, 0.29) is 0 Å². The molecule has 0 aromatic carbocycles. The van der Waals surface area contributed by atoms with Gasteiger partial charge in [-0.05, 0) is 19.0 Å². The highest BCUT2D eigenvalue weighted by molar-refractivity contribution is 6.61. The van der Waals surface area contributed by atoms with E-state index in [1.54, 1.807) is 28.4 Å². The zero-order valence-corrected chi connectivity index (χ0v) is 17.5. The van der Waals surface area contributed by atoms with Crippen LogP contribution in [-0.4, -0.2) is 58.3 Å². The Morgan fingerprint density at radius 1 is 0.727 bits per heavy atom. The molecule has 0 aliphatic heterocycles. The van der Waals surface area contributed by atoms with Crippen LogP contribution in [0.2, 0.25) is 5.16 Å². The maximum absolute atomic E-state index is 5.56. The van der Waals surface area contributed by atoms with Crippen LogP contribution in [0, 0.1) is 0 Å². The molecule has 4 nitrogen and oxygen atoms in total. The summed E-state index contributed by atoms with van der Waals surface area (Å²) in [5, 5.41) is 0.497. The zero-order valence-electron chi connectivity index (χ0n) is 15.5. The molecule has 0 aromatic heterocycles. The van der Waals surface area contributed by atoms with Gasteiger partial charge in [-0.15, -0.1) is 0 Å². The normalized spacial score (nSPS) is 13.1. The van der Waals surface area contributed by atoms with E-state index in [0.29, 0.717) is 24.2 Å². The highest BCUT2D eigenvalue weighted by atomic mass is 28.3. The van der Waals surface area contributed by atoms with Crippen LogP contribution in [0.4, 0.5) is 0 Å². The minimum Gasteiger partial charge on any atom is -0.358 e. The molecule has 130 valence electrons. The molecule has 0 spiro atoms. The number of ether oxygens (including phenoxy) is 4. The minimum absolute atomic E-state index is 0.497. The van der Waals surface area contributed by atoms with Gasteiger partial charge in [0.1, 0.15) is 29.9 Å². The summed E-state index contributed by atoms with van der Waals surface area (Å²) in [5.41, 5.74) is -1.02. The van der Waals surface area contributed by atoms with Crippen molar-refractivity contribution in [2.75, 3.05) is 28.4 Å². The first-order valence-electron chi connectivity index (χ1n) is 8.14. The predicted octanol–water partition coefficient (Wildman–Crippen LogP) is 3.43. The fourth-order valence-corrected chi connectivity index (χ4v) is 6.46. The third-order valence-electron chi connectivity index (χ3n) is 4.03. The van der Waals surface area contributed by atoms with E-state index in [0.717, 1.165) is 0 Å². The van der Waals surface area contributed by atoms with Crippen LogP contribution in [0.15, 0.2) is 0 Å². The summed E-state index contributed by atoms with van der Waals surface area (Å²) >= 11 is 0. The summed E-state index contributed by atoms with van der Waals surface area (Å²) in [7, 11) is 7.98. The van der Waals surface area contributed by atoms with Gasteiger partial charge in [0.05, 0.1) is 0 Å². The first kappa shape index (κ1) is 22.3. The molecule has 0 heterocycles. The van der Waals surface area contributed by atoms with Crippen molar-refractivity contribution in [3.05, 3.63) is 0 Å². The SMILES string of the molecule is CCCCCCCC([Si]C(C)(OC)OC)[Si]C(C)(OC)OC. The molecule has 6 heteroatoms. The summed E-state index contributed by atoms with van der Waals surface area (Å²) in [6, 6.07) is 0. The molecule has 0 saturated carbocycles. The van der Waals surface area contributed by atoms with Gasteiger partial charge in [-0.1, -0.05) is 45.4 Å². The lowest BCUT2D eigenvalue weighted by molar-refractivity contribution is -0.134. The van der Waals surface area contributed by atoms with Crippen LogP contribution in [0.25, 0.3) is 0 Å². The van der Waals surface area contributed by atoms with Gasteiger partial charge in [0, 0.05) is 28.4 Å². The lowest BCUT2D eigenvalue weighted by atomic mass is 10.1. The van der Waals surface area contributed by atoms with Gasteiger partial charge >= 0.3 is 0 Å². The Morgan fingerprint density at radius 3 is 1.50 bits per heavy atom. The van der Waals surface area contributed by atoms with Crippen LogP contribution in [0.5, 0.6) is 0 Å². The van der Waals surface area contributed by atoms with Gasteiger partial charge in [-0.3, -0.25) is 0 Å². The van der Waals surface area contributed by atoms with Crippen LogP contribution in [0.1, 0.15) is 59.3 Å². The van der Waals surface area contributed by atoms with Crippen LogP contribution in [-0.2, 0) is 18.9 Å². The van der Waals surface area contributed by atoms with E-state index in [1.807, 2.05) is 13.8 Å². The van der Waals surface area contributed by atoms with Crippen molar-refractivity contribution in [1.82, 2.24) is 0 Å². The maximum Gasteiger partial charge on any atom is 0.143 e. The third kappa shape index (κ3) is 8.79. The van der Waals surface area contributed by atoms with Crippen LogP contribution < -0.4 is 0 Å². The van der Waals surface area contributed by atoms with Crippen molar-refractivity contribution < 1.29 is 18.9 Å². The molecule has 0 rings (SSSR count). The fourth-order valence-electron chi connectivity index (χ4n) is 2.17. The van der Waals surface area contributed by atoms with E-state index < -0.39 is 10.8 Å². The van der Waals surface area contributed by atoms with E-state index >= 15 is 0 Å². The van der Waals surface area contributed by atoms with Crippen molar-refractivity contribution in [2.24, 2.45) is 0 Å². The van der Waals surface area contributed by atoms with E-state index in [4.69, 9.17) is 18.9 Å². The maximum atomic E-state index is 5.56. The smallest absolute Gasteiger partial charge is 0.143 e. The van der Waals surface area contributed by atoms with Crippen LogP contribution >= 0.6 is 0 Å². The molecule has 0 aromatic rings. The number of rotatable bonds is 14. The summed E-state index contributed by atoms with van der Waals surface area (Å²) in [6.45, 7) is 6.27. The molecule has 4 radical (unpaired) electrons. The molecule has 0 unspecified atom stereocenters. The van der Waals surface area contributed by atoms with E-state index in [1.165, 1.54) is 38.5 Å². The molecule has 0 aliphatic rings. The van der Waals surface area contributed by atoms with Crippen molar-refractivity contribution in [3.63, 3.8) is 0 Å². The molecule has 0 aliphatic carbocycles. The van der Waals surface area contributed by atoms with E-state index in [9.17, 15) is 0 Å². The Bertz CT molecular complexity index is 249. The summed E-state index contributed by atoms with van der Waals surface area (Å²) in [6.07, 6.45) is 7.66. The zero-order chi connectivity index (χ0) is 17.1. The average molecular weight is 347 g/mol. The second-order valence-corrected chi connectivity index (χ2v) is 10.1. The highest BCUT2D eigenvalue weighted by Gasteiger charge is 2.35. The van der Waals surface area contributed by atoms with Gasteiger partial charge in [0.25, 0.3) is 0 Å². The van der Waals surface area contributed by atoms with Crippen molar-refractivity contribution in [2.45, 2.75) is 75.3 Å². The largest absolute Gasteiger partial charge is 0.358 e. The van der Waals surface area contributed by atoms with Crippen molar-refractivity contribution in [1.29, 1.82) is 0 Å². The predicted molar refractivity (Wildman–Crippen MR) is 93.5 cm³/mol. The highest BCUT2D eigenvalue weighted by Crippen LogP contribution is 2.26. The molecule has 22 heavy (non-hydrogen) atoms. The van der Waals surface area contributed by atoms with E-state index in [2.05, 4.69) is 6.92 Å². The standard InChI is InChI=1S/C16H34O4Si2/c1-8-9-10-11-12-13-14(21-15(2,17-4)18-5)22-16(3,19-6)20-7/h14H,8-13H2,1-7H3. The number of methoxy groups -OCH3 is 4. The van der Waals surface area contributed by atoms with Gasteiger partial charge in [0.15, 0.2) is 0 Å². The molecule has 0 saturated heterocycles. The second kappa shape index (κ2) is 11.8. The molecule has 0 bridgehead atoms. The Labute approximate surface area is 142 Å². The molecule has 0 amide bonds. The lowest BCUT2D eigenvalue weighted by Gasteiger charge is -2.34. The first-order chi connectivity index (χ1) is 10.4. The topological polar surface area (TPSA) is 36.9 Å². The number of unbranched alkanes of at least 4 members (excludes halogenated alkanes) is 4. The van der Waals surface area contributed by atoms with Gasteiger partial charge < -0.3 is 18.9 Å². The third-order valence-corrected chi connectivity index (χ3v) is 8.03. The second-order valence-electron chi connectivity index (χ2n) is 5.75. The number of hydrogen-bond donors (Lipinski definition) is 0. The lowest BCUT2D eigenvalue weighted by Crippen LogP contribution is -2.46. The molecule has 0 fully saturated rings. The quantitative estimate of drug-likeness (QED) is 0.274. The number of hydrogen-bond acceptors (Lipinski definition) is 4. The van der Waals surface area contributed by atoms with Gasteiger partial charge in [-0.25, -0.2) is 0 Å². The van der Waals surface area contributed by atoms with Crippen molar-refractivity contribution in [3.8, 4) is 0 Å². The Kier molecular flexibility index (Phi) is 11.9.